The molecule has 1 atom stereocenters. The third-order valence-electron chi connectivity index (χ3n) is 3.63. The van der Waals surface area contributed by atoms with Crippen LogP contribution in [-0.4, -0.2) is 16.1 Å². The van der Waals surface area contributed by atoms with Crippen LogP contribution in [0.2, 0.25) is 0 Å². The zero-order chi connectivity index (χ0) is 17.9. The van der Waals surface area contributed by atoms with Crippen molar-refractivity contribution in [2.75, 3.05) is 5.32 Å². The molecule has 0 fully saturated rings. The number of carbonyl (C=O) groups excluding carboxylic acids is 1. The molecule has 0 saturated heterocycles. The lowest BCUT2D eigenvalue weighted by Crippen LogP contribution is -2.23. The first-order valence-corrected chi connectivity index (χ1v) is 8.46. The lowest BCUT2D eigenvalue weighted by atomic mass is 10.1. The van der Waals surface area contributed by atoms with Gasteiger partial charge in [-0.2, -0.15) is 0 Å². The molecule has 0 aliphatic rings. The molecule has 0 radical (unpaired) electrons. The van der Waals surface area contributed by atoms with Crippen LogP contribution in [0.15, 0.2) is 41.3 Å². The molecule has 0 unspecified atom stereocenters. The predicted octanol–water partition coefficient (Wildman–Crippen LogP) is 4.64. The molecule has 0 heterocycles. The molecule has 2 aromatic carbocycles. The molecule has 1 N–H and O–H groups in total. The minimum absolute atomic E-state index is 0.106. The highest BCUT2D eigenvalue weighted by molar-refractivity contribution is 8.00. The van der Waals surface area contributed by atoms with Crippen molar-refractivity contribution in [3.05, 3.63) is 63.2 Å². The summed E-state index contributed by atoms with van der Waals surface area (Å²) in [6.07, 6.45) is 0. The van der Waals surface area contributed by atoms with Gasteiger partial charge in [-0.3, -0.25) is 14.9 Å². The van der Waals surface area contributed by atoms with E-state index in [9.17, 15) is 14.9 Å². The van der Waals surface area contributed by atoms with Crippen LogP contribution in [0, 0.1) is 30.9 Å². The van der Waals surface area contributed by atoms with E-state index in [-0.39, 0.29) is 22.5 Å². The Hall–Kier alpha value is -2.34. The third-order valence-corrected chi connectivity index (χ3v) is 5.07. The maximum atomic E-state index is 12.4. The van der Waals surface area contributed by atoms with Gasteiger partial charge in [-0.15, -0.1) is 11.8 Å². The highest BCUT2D eigenvalue weighted by atomic mass is 32.2. The van der Waals surface area contributed by atoms with Crippen molar-refractivity contribution < 1.29 is 9.72 Å². The standard InChI is InChI=1S/C18H20N2O3S/c1-11-9-12(2)17(13(3)10-11)24-14(4)18(21)19-15-7-5-6-8-16(15)20(22)23/h5-10,14H,1-4H3,(H,19,21)/t14-/m1/s1. The summed E-state index contributed by atoms with van der Waals surface area (Å²) in [5, 5.41) is 13.3. The topological polar surface area (TPSA) is 72.2 Å². The highest BCUT2D eigenvalue weighted by Gasteiger charge is 2.20. The number of nitro benzene ring substituents is 1. The number of carbonyl (C=O) groups is 1. The van der Waals surface area contributed by atoms with Gasteiger partial charge in [0.15, 0.2) is 0 Å². The largest absolute Gasteiger partial charge is 0.319 e. The number of aryl methyl sites for hydroxylation is 3. The Morgan fingerprint density at radius 3 is 2.33 bits per heavy atom. The Balaban J connectivity index is 2.16. The lowest BCUT2D eigenvalue weighted by Gasteiger charge is -2.16. The second kappa shape index (κ2) is 7.49. The zero-order valence-corrected chi connectivity index (χ0v) is 14.9. The fourth-order valence-electron chi connectivity index (χ4n) is 2.56. The van der Waals surface area contributed by atoms with Crippen LogP contribution >= 0.6 is 11.8 Å². The number of rotatable bonds is 5. The number of anilines is 1. The van der Waals surface area contributed by atoms with Gasteiger partial charge in [0.1, 0.15) is 5.69 Å². The number of amides is 1. The Morgan fingerprint density at radius 1 is 1.17 bits per heavy atom. The van der Waals surface area contributed by atoms with Gasteiger partial charge in [0.25, 0.3) is 5.69 Å². The van der Waals surface area contributed by atoms with Gasteiger partial charge in [0.05, 0.1) is 10.2 Å². The van der Waals surface area contributed by atoms with E-state index in [1.807, 2.05) is 20.8 Å². The quantitative estimate of drug-likeness (QED) is 0.487. The molecular weight excluding hydrogens is 324 g/mol. The molecule has 1 amide bonds. The summed E-state index contributed by atoms with van der Waals surface area (Å²) in [4.78, 5) is 24.0. The molecule has 24 heavy (non-hydrogen) atoms. The first-order chi connectivity index (χ1) is 11.3. The molecule has 0 saturated carbocycles. The van der Waals surface area contributed by atoms with Crippen molar-refractivity contribution in [2.45, 2.75) is 37.8 Å². The fourth-order valence-corrected chi connectivity index (χ4v) is 3.57. The SMILES string of the molecule is Cc1cc(C)c(S[C@H](C)C(=O)Nc2ccccc2[N+](=O)[O-])c(C)c1. The van der Waals surface area contributed by atoms with E-state index in [1.54, 1.807) is 19.1 Å². The number of nitrogens with one attached hydrogen (secondary N) is 1. The van der Waals surface area contributed by atoms with Crippen LogP contribution in [-0.2, 0) is 4.79 Å². The molecule has 6 heteroatoms. The van der Waals surface area contributed by atoms with Crippen LogP contribution in [0.3, 0.4) is 0 Å². The van der Waals surface area contributed by atoms with E-state index in [4.69, 9.17) is 0 Å². The predicted molar refractivity (Wildman–Crippen MR) is 97.7 cm³/mol. The monoisotopic (exact) mass is 344 g/mol. The number of nitro groups is 1. The molecular formula is C18H20N2O3S. The number of hydrogen-bond acceptors (Lipinski definition) is 4. The first kappa shape index (κ1) is 18.0. The maximum Gasteiger partial charge on any atom is 0.292 e. The van der Waals surface area contributed by atoms with Gasteiger partial charge in [-0.25, -0.2) is 0 Å². The van der Waals surface area contributed by atoms with Crippen LogP contribution < -0.4 is 5.32 Å². The number of benzene rings is 2. The van der Waals surface area contributed by atoms with Gasteiger partial charge < -0.3 is 5.32 Å². The number of para-hydroxylation sites is 2. The molecule has 0 aliphatic carbocycles. The Labute approximate surface area is 145 Å². The molecule has 5 nitrogen and oxygen atoms in total. The average Bonchev–Trinajstić information content (AvgIpc) is 2.50. The van der Waals surface area contributed by atoms with Gasteiger partial charge in [-0.1, -0.05) is 29.8 Å². The normalized spacial score (nSPS) is 11.8. The van der Waals surface area contributed by atoms with Crippen molar-refractivity contribution in [1.82, 2.24) is 0 Å². The van der Waals surface area contributed by atoms with Crippen LogP contribution in [0.5, 0.6) is 0 Å². The summed E-state index contributed by atoms with van der Waals surface area (Å²) in [5.41, 5.74) is 3.56. The van der Waals surface area contributed by atoms with E-state index in [0.717, 1.165) is 16.0 Å². The van der Waals surface area contributed by atoms with Gasteiger partial charge >= 0.3 is 0 Å². The summed E-state index contributed by atoms with van der Waals surface area (Å²) >= 11 is 1.47. The number of hydrogen-bond donors (Lipinski definition) is 1. The Kier molecular flexibility index (Phi) is 5.62. The van der Waals surface area contributed by atoms with E-state index in [2.05, 4.69) is 17.4 Å². The zero-order valence-electron chi connectivity index (χ0n) is 14.1. The second-order valence-corrected chi connectivity index (χ2v) is 7.10. The molecule has 0 aromatic heterocycles. The van der Waals surface area contributed by atoms with Gasteiger partial charge in [0.2, 0.25) is 5.91 Å². The summed E-state index contributed by atoms with van der Waals surface area (Å²) < 4.78 is 0. The van der Waals surface area contributed by atoms with E-state index in [1.165, 1.54) is 29.5 Å². The molecule has 0 aliphatic heterocycles. The minimum Gasteiger partial charge on any atom is -0.319 e. The van der Waals surface area contributed by atoms with Crippen molar-refractivity contribution in [1.29, 1.82) is 0 Å². The highest BCUT2D eigenvalue weighted by Crippen LogP contribution is 2.32. The van der Waals surface area contributed by atoms with E-state index in [0.29, 0.717) is 0 Å². The molecule has 2 aromatic rings. The lowest BCUT2D eigenvalue weighted by molar-refractivity contribution is -0.383. The molecule has 126 valence electrons. The smallest absolute Gasteiger partial charge is 0.292 e. The van der Waals surface area contributed by atoms with Gasteiger partial charge in [0, 0.05) is 11.0 Å². The first-order valence-electron chi connectivity index (χ1n) is 7.58. The number of nitrogens with zero attached hydrogens (tertiary/aromatic N) is 1. The van der Waals surface area contributed by atoms with Crippen molar-refractivity contribution >= 4 is 29.0 Å². The van der Waals surface area contributed by atoms with Crippen LogP contribution in [0.25, 0.3) is 0 Å². The van der Waals surface area contributed by atoms with Crippen molar-refractivity contribution in [2.24, 2.45) is 0 Å². The minimum atomic E-state index is -0.498. The van der Waals surface area contributed by atoms with Crippen molar-refractivity contribution in [3.63, 3.8) is 0 Å². The van der Waals surface area contributed by atoms with Gasteiger partial charge in [-0.05, 0) is 44.9 Å². The van der Waals surface area contributed by atoms with Crippen LogP contribution in [0.4, 0.5) is 11.4 Å². The Bertz CT molecular complexity index is 767. The number of thioether (sulfide) groups is 1. The summed E-state index contributed by atoms with van der Waals surface area (Å²) in [7, 11) is 0. The second-order valence-electron chi connectivity index (χ2n) is 5.75. The molecule has 0 spiro atoms. The third kappa shape index (κ3) is 4.14. The Morgan fingerprint density at radius 2 is 1.75 bits per heavy atom. The van der Waals surface area contributed by atoms with Crippen LogP contribution in [0.1, 0.15) is 23.6 Å². The van der Waals surface area contributed by atoms with E-state index < -0.39 is 4.92 Å². The summed E-state index contributed by atoms with van der Waals surface area (Å²) in [5.74, 6) is -0.256. The molecule has 0 bridgehead atoms. The average molecular weight is 344 g/mol. The summed E-state index contributed by atoms with van der Waals surface area (Å²) in [6, 6.07) is 10.3. The van der Waals surface area contributed by atoms with Crippen molar-refractivity contribution in [3.8, 4) is 0 Å². The van der Waals surface area contributed by atoms with E-state index >= 15 is 0 Å². The fraction of sp³-hybridized carbons (Fsp3) is 0.278. The summed E-state index contributed by atoms with van der Waals surface area (Å²) in [6.45, 7) is 7.89. The molecule has 2 rings (SSSR count). The maximum absolute atomic E-state index is 12.4.